The first-order valence-corrected chi connectivity index (χ1v) is 6.51. The van der Waals surface area contributed by atoms with Crippen LogP contribution in [0.3, 0.4) is 0 Å². The topological polar surface area (TPSA) is 0 Å². The van der Waals surface area contributed by atoms with Crippen molar-refractivity contribution >= 4 is 0 Å². The van der Waals surface area contributed by atoms with Gasteiger partial charge in [0, 0.05) is 0 Å². The molecule has 0 aromatic heterocycles. The van der Waals surface area contributed by atoms with Gasteiger partial charge in [-0.1, -0.05) is 70.3 Å². The molecule has 15 heavy (non-hydrogen) atoms. The van der Waals surface area contributed by atoms with Crippen LogP contribution < -0.4 is 0 Å². The van der Waals surface area contributed by atoms with E-state index in [4.69, 9.17) is 0 Å². The van der Waals surface area contributed by atoms with Gasteiger partial charge in [0.2, 0.25) is 0 Å². The third kappa shape index (κ3) is 13.5. The van der Waals surface area contributed by atoms with Crippen LogP contribution in [-0.4, -0.2) is 0 Å². The molecule has 0 nitrogen and oxygen atoms in total. The van der Waals surface area contributed by atoms with Crippen LogP contribution in [0.15, 0.2) is 24.3 Å². The highest BCUT2D eigenvalue weighted by molar-refractivity contribution is 4.92. The second-order valence-corrected chi connectivity index (χ2v) is 4.02. The quantitative estimate of drug-likeness (QED) is 0.329. The van der Waals surface area contributed by atoms with Crippen molar-refractivity contribution in [3.8, 4) is 0 Å². The Kier molecular flexibility index (Phi) is 13.0. The summed E-state index contributed by atoms with van der Waals surface area (Å²) in [6, 6.07) is 0. The molecule has 0 aliphatic heterocycles. The Hall–Kier alpha value is -0.520. The van der Waals surface area contributed by atoms with Crippen molar-refractivity contribution in [2.75, 3.05) is 0 Å². The van der Waals surface area contributed by atoms with Crippen molar-refractivity contribution in [3.63, 3.8) is 0 Å². The van der Waals surface area contributed by atoms with E-state index in [-0.39, 0.29) is 0 Å². The van der Waals surface area contributed by atoms with Crippen LogP contribution in [0, 0.1) is 6.92 Å². The van der Waals surface area contributed by atoms with Crippen LogP contribution in [0.5, 0.6) is 0 Å². The molecule has 0 spiro atoms. The first-order valence-electron chi connectivity index (χ1n) is 6.51. The third-order valence-electron chi connectivity index (χ3n) is 2.45. The number of allylic oxidation sites excluding steroid dienone is 4. The number of rotatable bonds is 10. The van der Waals surface area contributed by atoms with Crippen molar-refractivity contribution in [1.29, 1.82) is 0 Å². The van der Waals surface area contributed by atoms with Crippen LogP contribution in [0.25, 0.3) is 0 Å². The van der Waals surface area contributed by atoms with Gasteiger partial charge in [0.05, 0.1) is 0 Å². The largest absolute Gasteiger partial charge is 0.0882 e. The minimum Gasteiger partial charge on any atom is -0.0882 e. The van der Waals surface area contributed by atoms with Crippen molar-refractivity contribution < 1.29 is 0 Å². The molecule has 0 heterocycles. The molecule has 87 valence electrons. The summed E-state index contributed by atoms with van der Waals surface area (Å²) in [4.78, 5) is 0. The van der Waals surface area contributed by atoms with Gasteiger partial charge in [-0.15, -0.1) is 0 Å². The summed E-state index contributed by atoms with van der Waals surface area (Å²) >= 11 is 0. The van der Waals surface area contributed by atoms with Gasteiger partial charge in [-0.25, -0.2) is 0 Å². The van der Waals surface area contributed by atoms with E-state index in [1.807, 2.05) is 0 Å². The van der Waals surface area contributed by atoms with E-state index < -0.39 is 0 Å². The average molecular weight is 207 g/mol. The molecular weight excluding hydrogens is 180 g/mol. The maximum absolute atomic E-state index is 3.84. The summed E-state index contributed by atoms with van der Waals surface area (Å²) < 4.78 is 0. The highest BCUT2D eigenvalue weighted by Crippen LogP contribution is 2.03. The van der Waals surface area contributed by atoms with Crippen LogP contribution in [0.1, 0.15) is 64.7 Å². The van der Waals surface area contributed by atoms with E-state index in [1.165, 1.54) is 44.9 Å². The fraction of sp³-hybridized carbons (Fsp3) is 0.667. The normalized spacial score (nSPS) is 11.9. The number of hydrogen-bond donors (Lipinski definition) is 0. The lowest BCUT2D eigenvalue weighted by molar-refractivity contribution is 0.694. The standard InChI is InChI=1S/C15H27/c1-3-5-7-9-11-13-15-14-12-10-8-6-4-2/h10,12-13,15H,1,3-9,11,14H2,2H3/b12-10+,15-13+. The van der Waals surface area contributed by atoms with Gasteiger partial charge in [-0.05, 0) is 25.7 Å². The highest BCUT2D eigenvalue weighted by Gasteiger charge is 1.83. The molecule has 0 bridgehead atoms. The molecule has 0 amide bonds. The molecule has 1 radical (unpaired) electrons. The number of hydrogen-bond acceptors (Lipinski definition) is 0. The molecule has 0 aromatic rings. The molecule has 0 aromatic carbocycles. The van der Waals surface area contributed by atoms with E-state index in [1.54, 1.807) is 0 Å². The van der Waals surface area contributed by atoms with Crippen molar-refractivity contribution in [1.82, 2.24) is 0 Å². The Morgan fingerprint density at radius 2 is 1.47 bits per heavy atom. The van der Waals surface area contributed by atoms with E-state index in [0.717, 1.165) is 12.8 Å². The lowest BCUT2D eigenvalue weighted by Gasteiger charge is -1.93. The predicted molar refractivity (Wildman–Crippen MR) is 70.9 cm³/mol. The minimum absolute atomic E-state index is 1.09. The molecule has 0 atom stereocenters. The zero-order valence-corrected chi connectivity index (χ0v) is 10.4. The predicted octanol–water partition coefficient (Wildman–Crippen LogP) is 5.46. The zero-order valence-electron chi connectivity index (χ0n) is 10.4. The molecule has 0 rings (SSSR count). The summed E-state index contributed by atoms with van der Waals surface area (Å²) in [6.45, 7) is 6.08. The molecule has 0 saturated heterocycles. The first kappa shape index (κ1) is 14.5. The molecule has 0 aliphatic carbocycles. The fourth-order valence-corrected chi connectivity index (χ4v) is 1.44. The molecule has 0 unspecified atom stereocenters. The fourth-order valence-electron chi connectivity index (χ4n) is 1.44. The van der Waals surface area contributed by atoms with Crippen molar-refractivity contribution in [2.24, 2.45) is 0 Å². The summed E-state index contributed by atoms with van der Waals surface area (Å²) in [7, 11) is 0. The van der Waals surface area contributed by atoms with Gasteiger partial charge in [-0.2, -0.15) is 0 Å². The van der Waals surface area contributed by atoms with Gasteiger partial charge >= 0.3 is 0 Å². The van der Waals surface area contributed by atoms with Crippen LogP contribution in [0.2, 0.25) is 0 Å². The van der Waals surface area contributed by atoms with Crippen molar-refractivity contribution in [3.05, 3.63) is 31.2 Å². The lowest BCUT2D eigenvalue weighted by Crippen LogP contribution is -1.73. The molecular formula is C15H27. The Labute approximate surface area is 96.5 Å². The molecule has 0 fully saturated rings. The second-order valence-electron chi connectivity index (χ2n) is 4.02. The van der Waals surface area contributed by atoms with Gasteiger partial charge in [0.1, 0.15) is 0 Å². The van der Waals surface area contributed by atoms with Gasteiger partial charge in [0.15, 0.2) is 0 Å². The minimum atomic E-state index is 1.09. The Bertz CT molecular complexity index is 153. The number of unbranched alkanes of at least 4 members (excludes halogenated alkanes) is 6. The van der Waals surface area contributed by atoms with E-state index in [2.05, 4.69) is 38.2 Å². The van der Waals surface area contributed by atoms with E-state index >= 15 is 0 Å². The highest BCUT2D eigenvalue weighted by atomic mass is 13.9. The lowest BCUT2D eigenvalue weighted by atomic mass is 10.1. The van der Waals surface area contributed by atoms with Gasteiger partial charge < -0.3 is 0 Å². The van der Waals surface area contributed by atoms with Crippen LogP contribution in [0.4, 0.5) is 0 Å². The smallest absolute Gasteiger partial charge is 0.0169 e. The van der Waals surface area contributed by atoms with E-state index in [9.17, 15) is 0 Å². The first-order chi connectivity index (χ1) is 7.41. The van der Waals surface area contributed by atoms with Crippen molar-refractivity contribution in [2.45, 2.75) is 64.7 Å². The Morgan fingerprint density at radius 1 is 0.800 bits per heavy atom. The molecule has 0 saturated carbocycles. The summed E-state index contributed by atoms with van der Waals surface area (Å²) in [6.07, 6.45) is 20.4. The second kappa shape index (κ2) is 13.5. The third-order valence-corrected chi connectivity index (χ3v) is 2.45. The van der Waals surface area contributed by atoms with Gasteiger partial charge in [-0.3, -0.25) is 0 Å². The summed E-state index contributed by atoms with van der Waals surface area (Å²) in [5.74, 6) is 0. The average Bonchev–Trinajstić information content (AvgIpc) is 2.26. The van der Waals surface area contributed by atoms with Gasteiger partial charge in [0.25, 0.3) is 0 Å². The Balaban J connectivity index is 3.13. The van der Waals surface area contributed by atoms with E-state index in [0.29, 0.717) is 0 Å². The summed E-state index contributed by atoms with van der Waals surface area (Å²) in [5.41, 5.74) is 0. The maximum Gasteiger partial charge on any atom is -0.0169 e. The molecule has 0 aliphatic rings. The zero-order chi connectivity index (χ0) is 11.2. The van der Waals surface area contributed by atoms with Crippen LogP contribution in [-0.2, 0) is 0 Å². The summed E-state index contributed by atoms with van der Waals surface area (Å²) in [5, 5.41) is 0. The Morgan fingerprint density at radius 3 is 2.07 bits per heavy atom. The monoisotopic (exact) mass is 207 g/mol. The SMILES string of the molecule is [CH2]CCCCC/C=C/C/C=C/CCCC. The van der Waals surface area contributed by atoms with Crippen LogP contribution >= 0.6 is 0 Å². The molecule has 0 N–H and O–H groups in total. The maximum atomic E-state index is 3.84. The molecule has 0 heteroatoms.